The molecule has 5 heteroatoms. The van der Waals surface area contributed by atoms with Crippen molar-refractivity contribution in [2.75, 3.05) is 13.2 Å². The molecule has 16 heavy (non-hydrogen) atoms. The van der Waals surface area contributed by atoms with E-state index in [1.54, 1.807) is 6.20 Å². The molecule has 0 amide bonds. The zero-order valence-electron chi connectivity index (χ0n) is 10.2. The Morgan fingerprint density at radius 2 is 1.94 bits per heavy atom. The van der Waals surface area contributed by atoms with E-state index in [1.807, 2.05) is 31.5 Å². The molecule has 0 bridgehead atoms. The monoisotopic (exact) mass is 227 g/mol. The van der Waals surface area contributed by atoms with Gasteiger partial charge in [0.2, 0.25) is 0 Å². The first-order valence-electron chi connectivity index (χ1n) is 5.74. The standard InChI is InChI=1S/C11H21N3O2/c1-4-14-8-7-13-10(14)9(12)11(15-5-2)16-6-3/h7-9,11H,4-6,12H2,1-3H3. The molecular formula is C11H21N3O2. The van der Waals surface area contributed by atoms with Crippen molar-refractivity contribution in [1.29, 1.82) is 0 Å². The van der Waals surface area contributed by atoms with Gasteiger partial charge in [-0.25, -0.2) is 4.98 Å². The number of hydrogen-bond acceptors (Lipinski definition) is 4. The molecule has 0 aliphatic rings. The van der Waals surface area contributed by atoms with Crippen molar-refractivity contribution in [2.24, 2.45) is 5.73 Å². The smallest absolute Gasteiger partial charge is 0.179 e. The number of imidazole rings is 1. The summed E-state index contributed by atoms with van der Waals surface area (Å²) in [6.45, 7) is 7.88. The summed E-state index contributed by atoms with van der Waals surface area (Å²) in [6, 6.07) is -0.352. The Morgan fingerprint density at radius 1 is 1.31 bits per heavy atom. The van der Waals surface area contributed by atoms with E-state index in [9.17, 15) is 0 Å². The van der Waals surface area contributed by atoms with E-state index in [0.717, 1.165) is 12.4 Å². The van der Waals surface area contributed by atoms with Crippen LogP contribution in [0.1, 0.15) is 32.6 Å². The first-order chi connectivity index (χ1) is 7.74. The molecule has 0 spiro atoms. The number of rotatable bonds is 7. The number of nitrogens with zero attached hydrogens (tertiary/aromatic N) is 2. The summed E-state index contributed by atoms with van der Waals surface area (Å²) in [5.74, 6) is 0.800. The maximum atomic E-state index is 6.10. The van der Waals surface area contributed by atoms with Gasteiger partial charge in [0.05, 0.1) is 0 Å². The molecule has 1 rings (SSSR count). The molecule has 5 nitrogen and oxygen atoms in total. The minimum Gasteiger partial charge on any atom is -0.351 e. The van der Waals surface area contributed by atoms with Gasteiger partial charge in [0, 0.05) is 32.2 Å². The van der Waals surface area contributed by atoms with Gasteiger partial charge in [-0.15, -0.1) is 0 Å². The number of nitrogens with two attached hydrogens (primary N) is 1. The molecule has 0 aliphatic carbocycles. The van der Waals surface area contributed by atoms with E-state index >= 15 is 0 Å². The van der Waals surface area contributed by atoms with Crippen molar-refractivity contribution in [1.82, 2.24) is 9.55 Å². The highest BCUT2D eigenvalue weighted by Crippen LogP contribution is 2.16. The third kappa shape index (κ3) is 3.04. The van der Waals surface area contributed by atoms with Crippen LogP contribution in [-0.2, 0) is 16.0 Å². The lowest BCUT2D eigenvalue weighted by Crippen LogP contribution is -2.33. The minimum atomic E-state index is -0.428. The van der Waals surface area contributed by atoms with E-state index in [4.69, 9.17) is 15.2 Å². The largest absolute Gasteiger partial charge is 0.351 e. The molecule has 1 heterocycles. The van der Waals surface area contributed by atoms with Gasteiger partial charge < -0.3 is 19.8 Å². The maximum Gasteiger partial charge on any atom is 0.179 e. The summed E-state index contributed by atoms with van der Waals surface area (Å²) in [7, 11) is 0. The number of aryl methyl sites for hydroxylation is 1. The van der Waals surface area contributed by atoms with E-state index in [2.05, 4.69) is 4.98 Å². The predicted molar refractivity (Wildman–Crippen MR) is 61.9 cm³/mol. The fourth-order valence-corrected chi connectivity index (χ4v) is 1.59. The molecule has 0 aromatic carbocycles. The van der Waals surface area contributed by atoms with Gasteiger partial charge in [-0.1, -0.05) is 0 Å². The lowest BCUT2D eigenvalue weighted by Gasteiger charge is -2.23. The highest BCUT2D eigenvalue weighted by molar-refractivity contribution is 4.99. The average Bonchev–Trinajstić information content (AvgIpc) is 2.75. The molecule has 1 aromatic heterocycles. The summed E-state index contributed by atoms with van der Waals surface area (Å²) in [4.78, 5) is 4.25. The molecular weight excluding hydrogens is 206 g/mol. The normalized spacial score (nSPS) is 13.3. The summed E-state index contributed by atoms with van der Waals surface area (Å²) in [5.41, 5.74) is 6.10. The topological polar surface area (TPSA) is 62.3 Å². The second kappa shape index (κ2) is 6.62. The number of hydrogen-bond donors (Lipinski definition) is 1. The Labute approximate surface area is 96.6 Å². The van der Waals surface area contributed by atoms with Gasteiger partial charge in [-0.3, -0.25) is 0 Å². The van der Waals surface area contributed by atoms with Crippen molar-refractivity contribution >= 4 is 0 Å². The molecule has 1 aromatic rings. The Bertz CT molecular complexity index is 295. The van der Waals surface area contributed by atoms with Crippen LogP contribution in [0.4, 0.5) is 0 Å². The molecule has 1 atom stereocenters. The lowest BCUT2D eigenvalue weighted by molar-refractivity contribution is -0.150. The third-order valence-electron chi connectivity index (χ3n) is 2.34. The van der Waals surface area contributed by atoms with E-state index in [0.29, 0.717) is 13.2 Å². The van der Waals surface area contributed by atoms with Crippen molar-refractivity contribution in [3.8, 4) is 0 Å². The fraction of sp³-hybridized carbons (Fsp3) is 0.727. The average molecular weight is 227 g/mol. The van der Waals surface area contributed by atoms with Crippen LogP contribution in [0.3, 0.4) is 0 Å². The third-order valence-corrected chi connectivity index (χ3v) is 2.34. The Hall–Kier alpha value is -0.910. The van der Waals surface area contributed by atoms with E-state index < -0.39 is 6.29 Å². The van der Waals surface area contributed by atoms with Crippen LogP contribution in [0.25, 0.3) is 0 Å². The van der Waals surface area contributed by atoms with Gasteiger partial charge in [0.15, 0.2) is 6.29 Å². The van der Waals surface area contributed by atoms with Gasteiger partial charge in [-0.05, 0) is 20.8 Å². The van der Waals surface area contributed by atoms with Crippen LogP contribution in [-0.4, -0.2) is 29.1 Å². The van der Waals surface area contributed by atoms with Gasteiger partial charge in [-0.2, -0.15) is 0 Å². The molecule has 0 fully saturated rings. The molecule has 0 saturated heterocycles. The molecule has 92 valence electrons. The van der Waals surface area contributed by atoms with Crippen LogP contribution in [0, 0.1) is 0 Å². The van der Waals surface area contributed by atoms with Crippen molar-refractivity contribution in [3.63, 3.8) is 0 Å². The first-order valence-corrected chi connectivity index (χ1v) is 5.74. The van der Waals surface area contributed by atoms with Crippen molar-refractivity contribution < 1.29 is 9.47 Å². The van der Waals surface area contributed by atoms with Crippen molar-refractivity contribution in [2.45, 2.75) is 39.6 Å². The van der Waals surface area contributed by atoms with E-state index in [-0.39, 0.29) is 6.04 Å². The summed E-state index contributed by atoms with van der Waals surface area (Å²) in [6.07, 6.45) is 3.22. The second-order valence-corrected chi connectivity index (χ2v) is 3.38. The van der Waals surface area contributed by atoms with Crippen LogP contribution < -0.4 is 5.73 Å². The second-order valence-electron chi connectivity index (χ2n) is 3.38. The quantitative estimate of drug-likeness (QED) is 0.713. The summed E-state index contributed by atoms with van der Waals surface area (Å²) < 4.78 is 12.9. The zero-order valence-corrected chi connectivity index (χ0v) is 10.2. The SMILES string of the molecule is CCOC(OCC)C(N)c1nccn1CC. The zero-order chi connectivity index (χ0) is 12.0. The molecule has 1 unspecified atom stereocenters. The van der Waals surface area contributed by atoms with Gasteiger partial charge in [0.25, 0.3) is 0 Å². The van der Waals surface area contributed by atoms with Crippen molar-refractivity contribution in [3.05, 3.63) is 18.2 Å². The molecule has 2 N–H and O–H groups in total. The van der Waals surface area contributed by atoms with Crippen LogP contribution in [0.2, 0.25) is 0 Å². The van der Waals surface area contributed by atoms with Crippen LogP contribution >= 0.6 is 0 Å². The summed E-state index contributed by atoms with van der Waals surface area (Å²) >= 11 is 0. The number of ether oxygens (including phenoxy) is 2. The molecule has 0 aliphatic heterocycles. The first kappa shape index (κ1) is 13.2. The highest BCUT2D eigenvalue weighted by atomic mass is 16.7. The predicted octanol–water partition coefficient (Wildman–Crippen LogP) is 1.30. The lowest BCUT2D eigenvalue weighted by atomic mass is 10.3. The maximum absolute atomic E-state index is 6.10. The van der Waals surface area contributed by atoms with E-state index in [1.165, 1.54) is 0 Å². The highest BCUT2D eigenvalue weighted by Gasteiger charge is 2.23. The summed E-state index contributed by atoms with van der Waals surface area (Å²) in [5, 5.41) is 0. The molecule has 0 saturated carbocycles. The van der Waals surface area contributed by atoms with Crippen LogP contribution in [0.5, 0.6) is 0 Å². The Morgan fingerprint density at radius 3 is 2.44 bits per heavy atom. The molecule has 0 radical (unpaired) electrons. The van der Waals surface area contributed by atoms with Gasteiger partial charge in [0.1, 0.15) is 11.9 Å². The van der Waals surface area contributed by atoms with Crippen LogP contribution in [0.15, 0.2) is 12.4 Å². The Balaban J connectivity index is 2.76. The van der Waals surface area contributed by atoms with Gasteiger partial charge >= 0.3 is 0 Å². The Kier molecular flexibility index (Phi) is 5.45. The minimum absolute atomic E-state index is 0.352. The number of aromatic nitrogens is 2. The fourth-order valence-electron chi connectivity index (χ4n) is 1.59.